The normalized spacial score (nSPS) is 25.6. The lowest BCUT2D eigenvalue weighted by molar-refractivity contribution is 0.421. The molecule has 0 atom stereocenters. The summed E-state index contributed by atoms with van der Waals surface area (Å²) in [5.74, 6) is 0. The van der Waals surface area contributed by atoms with Crippen LogP contribution in [0.15, 0.2) is 11.0 Å². The maximum atomic E-state index is 9.97. The van der Waals surface area contributed by atoms with Crippen molar-refractivity contribution in [1.29, 1.82) is 5.26 Å². The zero-order valence-electron chi connectivity index (χ0n) is 13.8. The van der Waals surface area contributed by atoms with Crippen molar-refractivity contribution in [3.05, 3.63) is 11.0 Å². The summed E-state index contributed by atoms with van der Waals surface area (Å²) in [6.07, 6.45) is 7.34. The second kappa shape index (κ2) is 6.84. The molecule has 0 aromatic heterocycles. The van der Waals surface area contributed by atoms with Crippen LogP contribution in [0.4, 0.5) is 0 Å². The quantitative estimate of drug-likeness (QED) is 0.637. The van der Waals surface area contributed by atoms with Crippen LogP contribution in [0.2, 0.25) is 0 Å². The first kappa shape index (κ1) is 16.2. The average molecular weight is 322 g/mol. The minimum Gasteiger partial charge on any atom is -0.371 e. The lowest BCUT2D eigenvalue weighted by Gasteiger charge is -2.36. The molecule has 0 aromatic rings. The van der Waals surface area contributed by atoms with E-state index >= 15 is 0 Å². The second-order valence-corrected chi connectivity index (χ2v) is 9.59. The molecule has 0 unspecified atom stereocenters. The van der Waals surface area contributed by atoms with Crippen LogP contribution >= 0.6 is 7.71 Å². The molecule has 122 valence electrons. The van der Waals surface area contributed by atoms with E-state index in [0.717, 1.165) is 50.3 Å². The van der Waals surface area contributed by atoms with E-state index in [1.165, 1.54) is 38.5 Å². The van der Waals surface area contributed by atoms with E-state index in [0.29, 0.717) is 0 Å². The van der Waals surface area contributed by atoms with Gasteiger partial charge in [0.2, 0.25) is 5.31 Å². The van der Waals surface area contributed by atoms with Crippen molar-refractivity contribution >= 4 is 7.71 Å². The Kier molecular flexibility index (Phi) is 5.04. The van der Waals surface area contributed by atoms with Crippen molar-refractivity contribution in [2.45, 2.75) is 45.4 Å². The Balaban J connectivity index is 1.98. The fourth-order valence-corrected chi connectivity index (χ4v) is 7.54. The van der Waals surface area contributed by atoms with Crippen molar-refractivity contribution in [2.24, 2.45) is 5.50 Å². The molecule has 3 aliphatic heterocycles. The van der Waals surface area contributed by atoms with Crippen molar-refractivity contribution in [1.82, 2.24) is 14.2 Å². The van der Waals surface area contributed by atoms with E-state index in [9.17, 15) is 5.26 Å². The van der Waals surface area contributed by atoms with Gasteiger partial charge >= 0.3 is 0 Å². The lowest BCUT2D eigenvalue weighted by Crippen LogP contribution is -2.40. The molecule has 0 aliphatic carbocycles. The van der Waals surface area contributed by atoms with E-state index in [1.54, 1.807) is 0 Å². The number of likely N-dealkylation sites (tertiary alicyclic amines) is 1. The maximum absolute atomic E-state index is 9.97. The first-order chi connectivity index (χ1) is 10.7. The third kappa shape index (κ3) is 2.78. The molecule has 3 saturated heterocycles. The van der Waals surface area contributed by atoms with Crippen LogP contribution in [0.5, 0.6) is 0 Å². The third-order valence-corrected chi connectivity index (χ3v) is 8.99. The van der Waals surface area contributed by atoms with Gasteiger partial charge < -0.3 is 4.90 Å². The predicted molar refractivity (Wildman–Crippen MR) is 91.8 cm³/mol. The molecule has 3 heterocycles. The number of nitriles is 1. The van der Waals surface area contributed by atoms with E-state index in [-0.39, 0.29) is 0 Å². The SMILES string of the molecule is CC(=C(C#N)[P+](N)(N1CCCC1)N1CCCC1)N1CCCC1. The van der Waals surface area contributed by atoms with E-state index in [1.807, 2.05) is 0 Å². The molecular formula is C16H29N5P+. The van der Waals surface area contributed by atoms with Crippen LogP contribution in [0, 0.1) is 11.3 Å². The highest BCUT2D eigenvalue weighted by molar-refractivity contribution is 7.73. The summed E-state index contributed by atoms with van der Waals surface area (Å²) < 4.78 is 4.91. The molecule has 0 aromatic carbocycles. The summed E-state index contributed by atoms with van der Waals surface area (Å²) in [6.45, 7) is 8.50. The van der Waals surface area contributed by atoms with Gasteiger partial charge in [0.05, 0.1) is 5.70 Å². The summed E-state index contributed by atoms with van der Waals surface area (Å²) >= 11 is 0. The molecule has 0 spiro atoms. The molecule has 3 rings (SSSR count). The molecular weight excluding hydrogens is 293 g/mol. The van der Waals surface area contributed by atoms with Gasteiger partial charge in [0, 0.05) is 39.3 Å². The molecule has 2 N–H and O–H groups in total. The Morgan fingerprint density at radius 1 is 0.864 bits per heavy atom. The fraction of sp³-hybridized carbons (Fsp3) is 0.812. The Morgan fingerprint density at radius 3 is 1.68 bits per heavy atom. The highest BCUT2D eigenvalue weighted by atomic mass is 31.2. The summed E-state index contributed by atoms with van der Waals surface area (Å²) in [6, 6.07) is 2.55. The van der Waals surface area contributed by atoms with Gasteiger partial charge in [-0.3, -0.25) is 0 Å². The standard InChI is InChI=1S/C16H29N5P/c1-15(19-8-2-3-9-19)16(14-17)22(18,20-10-4-5-11-20)21-12-6-7-13-21/h2-13,18H2,1H3/q+1. The number of hydrogen-bond donors (Lipinski definition) is 1. The Morgan fingerprint density at radius 2 is 1.27 bits per heavy atom. The second-order valence-electron chi connectivity index (χ2n) is 6.71. The average Bonchev–Trinajstić information content (AvgIpc) is 3.30. The molecule has 0 bridgehead atoms. The molecule has 3 aliphatic rings. The van der Waals surface area contributed by atoms with Gasteiger partial charge in [0.1, 0.15) is 6.07 Å². The zero-order valence-corrected chi connectivity index (χ0v) is 14.7. The highest BCUT2D eigenvalue weighted by Gasteiger charge is 2.55. The van der Waals surface area contributed by atoms with Gasteiger partial charge in [-0.15, -0.1) is 9.34 Å². The highest BCUT2D eigenvalue weighted by Crippen LogP contribution is 2.67. The van der Waals surface area contributed by atoms with E-state index in [2.05, 4.69) is 27.2 Å². The van der Waals surface area contributed by atoms with Crippen molar-refractivity contribution in [2.75, 3.05) is 39.3 Å². The molecule has 6 heteroatoms. The summed E-state index contributed by atoms with van der Waals surface area (Å²) in [4.78, 5) is 2.38. The van der Waals surface area contributed by atoms with Gasteiger partial charge in [-0.2, -0.15) is 10.8 Å². The molecule has 0 radical (unpaired) electrons. The molecule has 5 nitrogen and oxygen atoms in total. The number of hydrogen-bond acceptors (Lipinski definition) is 5. The smallest absolute Gasteiger partial charge is 0.269 e. The molecule has 22 heavy (non-hydrogen) atoms. The van der Waals surface area contributed by atoms with Crippen LogP contribution in [0.3, 0.4) is 0 Å². The first-order valence-electron chi connectivity index (χ1n) is 8.73. The Bertz CT molecular complexity index is 449. The van der Waals surface area contributed by atoms with Crippen molar-refractivity contribution in [3.63, 3.8) is 0 Å². The van der Waals surface area contributed by atoms with Crippen LogP contribution in [-0.4, -0.2) is 53.5 Å². The summed E-state index contributed by atoms with van der Waals surface area (Å²) in [5.41, 5.74) is 8.24. The Hall–Kier alpha value is -0.660. The van der Waals surface area contributed by atoms with Crippen LogP contribution in [-0.2, 0) is 0 Å². The van der Waals surface area contributed by atoms with Crippen molar-refractivity contribution < 1.29 is 0 Å². The number of nitrogens with two attached hydrogens (primary N) is 1. The van der Waals surface area contributed by atoms with Gasteiger partial charge in [-0.05, 0) is 45.4 Å². The summed E-state index contributed by atoms with van der Waals surface area (Å²) in [5, 5.41) is 10.9. The van der Waals surface area contributed by atoms with Gasteiger partial charge in [-0.25, -0.2) is 0 Å². The topological polar surface area (TPSA) is 59.5 Å². The minimum atomic E-state index is -2.14. The minimum absolute atomic E-state index is 0.887. The fourth-order valence-electron chi connectivity index (χ4n) is 4.07. The number of allylic oxidation sites excluding steroid dienone is 2. The molecule has 0 amide bonds. The van der Waals surface area contributed by atoms with Gasteiger partial charge in [0.15, 0.2) is 0 Å². The van der Waals surface area contributed by atoms with Crippen molar-refractivity contribution in [3.8, 4) is 6.07 Å². The van der Waals surface area contributed by atoms with Gasteiger partial charge in [-0.1, -0.05) is 0 Å². The zero-order chi connectivity index (χ0) is 15.6. The summed E-state index contributed by atoms with van der Waals surface area (Å²) in [7, 11) is -2.14. The van der Waals surface area contributed by atoms with E-state index in [4.69, 9.17) is 5.50 Å². The van der Waals surface area contributed by atoms with Gasteiger partial charge in [0.25, 0.3) is 7.71 Å². The largest absolute Gasteiger partial charge is 0.371 e. The predicted octanol–water partition coefficient (Wildman–Crippen LogP) is 2.75. The van der Waals surface area contributed by atoms with E-state index < -0.39 is 7.71 Å². The molecule has 0 saturated carbocycles. The van der Waals surface area contributed by atoms with Crippen LogP contribution in [0.25, 0.3) is 0 Å². The van der Waals surface area contributed by atoms with Crippen LogP contribution in [0.1, 0.15) is 45.4 Å². The Labute approximate surface area is 135 Å². The maximum Gasteiger partial charge on any atom is 0.269 e. The first-order valence-corrected chi connectivity index (χ1v) is 10.5. The van der Waals surface area contributed by atoms with Crippen LogP contribution < -0.4 is 5.50 Å². The third-order valence-electron chi connectivity index (χ3n) is 5.39. The number of nitrogens with zero attached hydrogens (tertiary/aromatic N) is 4. The lowest BCUT2D eigenvalue weighted by atomic mass is 10.4. The molecule has 3 fully saturated rings. The monoisotopic (exact) mass is 322 g/mol. The number of rotatable bonds is 4.